The first kappa shape index (κ1) is 14.3. The Morgan fingerprint density at radius 2 is 2.09 bits per heavy atom. The maximum Gasteiger partial charge on any atom is 0.278 e. The van der Waals surface area contributed by atoms with Gasteiger partial charge in [0.2, 0.25) is 11.0 Å². The van der Waals surface area contributed by atoms with Crippen molar-refractivity contribution in [3.63, 3.8) is 0 Å². The number of carbonyl (C=O) groups excluding carboxylic acids is 1. The molecule has 0 aliphatic rings. The summed E-state index contributed by atoms with van der Waals surface area (Å²) in [4.78, 5) is 24.2. The molecule has 22 heavy (non-hydrogen) atoms. The third-order valence-corrected chi connectivity index (χ3v) is 3.92. The summed E-state index contributed by atoms with van der Waals surface area (Å²) < 4.78 is 1.03. The second kappa shape index (κ2) is 5.98. The van der Waals surface area contributed by atoms with Gasteiger partial charge in [-0.2, -0.15) is 0 Å². The molecule has 0 saturated heterocycles. The lowest BCUT2D eigenvalue weighted by atomic mass is 10.2. The highest BCUT2D eigenvalue weighted by Gasteiger charge is 2.11. The zero-order chi connectivity index (χ0) is 15.5. The number of hydrogen-bond donors (Lipinski definition) is 1. The molecule has 0 aliphatic heterocycles. The van der Waals surface area contributed by atoms with E-state index in [1.165, 1.54) is 11.3 Å². The molecule has 3 aromatic rings. The summed E-state index contributed by atoms with van der Waals surface area (Å²) >= 11 is 1.30. The molecule has 0 fully saturated rings. The van der Waals surface area contributed by atoms with Gasteiger partial charge in [-0.3, -0.25) is 14.9 Å². The molecule has 1 aromatic carbocycles. The number of benzene rings is 1. The highest BCUT2D eigenvalue weighted by molar-refractivity contribution is 7.15. The van der Waals surface area contributed by atoms with Crippen LogP contribution >= 0.6 is 11.3 Å². The molecule has 0 radical (unpaired) electrons. The number of aromatic nitrogens is 5. The molecule has 0 unspecified atom stereocenters. The topological polar surface area (TPSA) is 103 Å². The number of nitrogens with zero attached hydrogens (tertiary/aromatic N) is 5. The fourth-order valence-electron chi connectivity index (χ4n) is 1.87. The zero-order valence-corrected chi connectivity index (χ0v) is 12.5. The van der Waals surface area contributed by atoms with Gasteiger partial charge in [-0.15, -0.1) is 15.3 Å². The monoisotopic (exact) mass is 316 g/mol. The van der Waals surface area contributed by atoms with Crippen LogP contribution < -0.4 is 10.9 Å². The van der Waals surface area contributed by atoms with Gasteiger partial charge in [0, 0.05) is 0 Å². The van der Waals surface area contributed by atoms with E-state index in [-0.39, 0.29) is 12.1 Å². The Labute approximate surface area is 128 Å². The SMILES string of the molecule is CCc1nnc(NC(=O)Cn2nnc3ccccc3c2=O)s1. The van der Waals surface area contributed by atoms with Crippen molar-refractivity contribution < 1.29 is 4.79 Å². The van der Waals surface area contributed by atoms with Crippen LogP contribution in [-0.2, 0) is 17.8 Å². The van der Waals surface area contributed by atoms with Gasteiger partial charge in [0.1, 0.15) is 17.1 Å². The molecular weight excluding hydrogens is 304 g/mol. The number of carbonyl (C=O) groups is 1. The summed E-state index contributed by atoms with van der Waals surface area (Å²) in [5.41, 5.74) is 0.146. The van der Waals surface area contributed by atoms with Gasteiger partial charge in [0.25, 0.3) is 5.56 Å². The van der Waals surface area contributed by atoms with E-state index in [0.29, 0.717) is 16.0 Å². The first-order valence-corrected chi connectivity index (χ1v) is 7.44. The molecule has 0 atom stereocenters. The number of nitrogens with one attached hydrogen (secondary N) is 1. The maximum absolute atomic E-state index is 12.2. The minimum atomic E-state index is -0.398. The van der Waals surface area contributed by atoms with E-state index in [1.54, 1.807) is 24.3 Å². The summed E-state index contributed by atoms with van der Waals surface area (Å²) in [7, 11) is 0. The molecule has 1 N–H and O–H groups in total. The van der Waals surface area contributed by atoms with Crippen molar-refractivity contribution >= 4 is 33.3 Å². The van der Waals surface area contributed by atoms with E-state index in [2.05, 4.69) is 25.8 Å². The highest BCUT2D eigenvalue weighted by atomic mass is 32.1. The lowest BCUT2D eigenvalue weighted by Crippen LogP contribution is -2.30. The molecular formula is C13H12N6O2S. The average molecular weight is 316 g/mol. The largest absolute Gasteiger partial charge is 0.299 e. The van der Waals surface area contributed by atoms with Crippen LogP contribution in [0.2, 0.25) is 0 Å². The fourth-order valence-corrected chi connectivity index (χ4v) is 2.56. The second-order valence-corrected chi connectivity index (χ2v) is 5.53. The average Bonchev–Trinajstić information content (AvgIpc) is 2.98. The fraction of sp³-hybridized carbons (Fsp3) is 0.231. The van der Waals surface area contributed by atoms with Crippen LogP contribution in [0.15, 0.2) is 29.1 Å². The molecule has 0 saturated carbocycles. The number of hydrogen-bond acceptors (Lipinski definition) is 7. The number of anilines is 1. The van der Waals surface area contributed by atoms with Gasteiger partial charge in [-0.25, -0.2) is 4.68 Å². The quantitative estimate of drug-likeness (QED) is 0.765. The summed E-state index contributed by atoms with van der Waals surface area (Å²) in [6, 6.07) is 6.86. The first-order chi connectivity index (χ1) is 10.7. The lowest BCUT2D eigenvalue weighted by Gasteiger charge is -2.04. The predicted molar refractivity (Wildman–Crippen MR) is 81.7 cm³/mol. The number of amides is 1. The molecule has 1 amide bonds. The van der Waals surface area contributed by atoms with E-state index in [0.717, 1.165) is 16.1 Å². The van der Waals surface area contributed by atoms with Crippen molar-refractivity contribution in [2.75, 3.05) is 5.32 Å². The molecule has 112 valence electrons. The Bertz CT molecular complexity index is 887. The van der Waals surface area contributed by atoms with E-state index >= 15 is 0 Å². The van der Waals surface area contributed by atoms with Gasteiger partial charge in [0.05, 0.1) is 5.39 Å². The van der Waals surface area contributed by atoms with Crippen molar-refractivity contribution in [1.82, 2.24) is 25.2 Å². The van der Waals surface area contributed by atoms with Gasteiger partial charge >= 0.3 is 0 Å². The molecule has 0 aliphatic carbocycles. The van der Waals surface area contributed by atoms with Gasteiger partial charge in [0.15, 0.2) is 0 Å². The maximum atomic E-state index is 12.2. The van der Waals surface area contributed by atoms with Crippen LogP contribution in [-0.4, -0.2) is 31.1 Å². The number of aryl methyl sites for hydroxylation is 1. The summed E-state index contributed by atoms with van der Waals surface area (Å²) in [6.45, 7) is 1.73. The molecule has 0 bridgehead atoms. The highest BCUT2D eigenvalue weighted by Crippen LogP contribution is 2.15. The van der Waals surface area contributed by atoms with Crippen molar-refractivity contribution in [2.45, 2.75) is 19.9 Å². The molecule has 8 nitrogen and oxygen atoms in total. The molecule has 9 heteroatoms. The van der Waals surface area contributed by atoms with E-state index < -0.39 is 5.91 Å². The molecule has 2 aromatic heterocycles. The number of fused-ring (bicyclic) bond motifs is 1. The third kappa shape index (κ3) is 2.84. The Hall–Kier alpha value is -2.68. The Morgan fingerprint density at radius 3 is 2.86 bits per heavy atom. The lowest BCUT2D eigenvalue weighted by molar-refractivity contribution is -0.117. The molecule has 3 rings (SSSR count). The van der Waals surface area contributed by atoms with Crippen LogP contribution in [0.3, 0.4) is 0 Å². The van der Waals surface area contributed by atoms with Crippen molar-refractivity contribution in [2.24, 2.45) is 0 Å². The van der Waals surface area contributed by atoms with Gasteiger partial charge in [-0.05, 0) is 18.6 Å². The Balaban J connectivity index is 1.79. The zero-order valence-electron chi connectivity index (χ0n) is 11.7. The number of rotatable bonds is 4. The summed E-state index contributed by atoms with van der Waals surface area (Å²) in [5, 5.41) is 19.7. The standard InChI is InChI=1S/C13H12N6O2S/c1-2-11-16-17-13(22-11)14-10(20)7-19-12(21)8-5-3-4-6-9(8)15-18-19/h3-6H,2,7H2,1H3,(H,14,17,20). The van der Waals surface area contributed by atoms with Crippen molar-refractivity contribution in [3.05, 3.63) is 39.6 Å². The van der Waals surface area contributed by atoms with E-state index in [1.807, 2.05) is 6.92 Å². The van der Waals surface area contributed by atoms with Gasteiger partial charge in [-0.1, -0.05) is 35.6 Å². The van der Waals surface area contributed by atoms with Crippen LogP contribution in [0.25, 0.3) is 10.9 Å². The minimum Gasteiger partial charge on any atom is -0.299 e. The Morgan fingerprint density at radius 1 is 1.27 bits per heavy atom. The van der Waals surface area contributed by atoms with Crippen LogP contribution in [0.1, 0.15) is 11.9 Å². The molecule has 0 spiro atoms. The summed E-state index contributed by atoms with van der Waals surface area (Å²) in [6.07, 6.45) is 0.753. The van der Waals surface area contributed by atoms with Crippen molar-refractivity contribution in [3.8, 4) is 0 Å². The van der Waals surface area contributed by atoms with Crippen LogP contribution in [0.5, 0.6) is 0 Å². The normalized spacial score (nSPS) is 10.8. The third-order valence-electron chi connectivity index (χ3n) is 2.94. The summed E-state index contributed by atoms with van der Waals surface area (Å²) in [5.74, 6) is -0.398. The Kier molecular flexibility index (Phi) is 3.88. The van der Waals surface area contributed by atoms with Crippen molar-refractivity contribution in [1.29, 1.82) is 0 Å². The smallest absolute Gasteiger partial charge is 0.278 e. The van der Waals surface area contributed by atoms with Gasteiger partial charge < -0.3 is 0 Å². The van der Waals surface area contributed by atoms with Crippen LogP contribution in [0.4, 0.5) is 5.13 Å². The van der Waals surface area contributed by atoms with E-state index in [4.69, 9.17) is 0 Å². The predicted octanol–water partition coefficient (Wildman–Crippen LogP) is 0.844. The molecule has 2 heterocycles. The second-order valence-electron chi connectivity index (χ2n) is 4.47. The minimum absolute atomic E-state index is 0.224. The van der Waals surface area contributed by atoms with Crippen LogP contribution in [0, 0.1) is 0 Å². The van der Waals surface area contributed by atoms with E-state index in [9.17, 15) is 9.59 Å². The first-order valence-electron chi connectivity index (χ1n) is 6.62.